The molecule has 1 aliphatic heterocycles. The summed E-state index contributed by atoms with van der Waals surface area (Å²) >= 11 is 0. The van der Waals surface area contributed by atoms with Crippen LogP contribution in [0, 0.1) is 11.8 Å². The number of ether oxygens (including phenoxy) is 1. The van der Waals surface area contributed by atoms with Gasteiger partial charge in [0.1, 0.15) is 0 Å². The fourth-order valence-corrected chi connectivity index (χ4v) is 2.03. The molecular weight excluding hydrogens is 232 g/mol. The zero-order valence-electron chi connectivity index (χ0n) is 10.7. The standard InChI is InChI=1S/C13H16N2O3/c1-8-9(2)13(17)15(12(8)16)7-10-4-5-14-11(6-10)18-3/h4-6,8-9H,7H2,1-3H3. The van der Waals surface area contributed by atoms with E-state index in [1.165, 1.54) is 12.0 Å². The molecule has 1 aliphatic rings. The molecule has 2 amide bonds. The van der Waals surface area contributed by atoms with E-state index >= 15 is 0 Å². The van der Waals surface area contributed by atoms with Gasteiger partial charge in [-0.15, -0.1) is 0 Å². The lowest BCUT2D eigenvalue weighted by atomic mass is 10.00. The highest BCUT2D eigenvalue weighted by molar-refractivity contribution is 6.04. The lowest BCUT2D eigenvalue weighted by Crippen LogP contribution is -2.30. The van der Waals surface area contributed by atoms with Gasteiger partial charge in [-0.25, -0.2) is 4.98 Å². The van der Waals surface area contributed by atoms with E-state index in [1.807, 2.05) is 0 Å². The summed E-state index contributed by atoms with van der Waals surface area (Å²) in [5.41, 5.74) is 0.838. The summed E-state index contributed by atoms with van der Waals surface area (Å²) in [6, 6.07) is 3.50. The number of carbonyl (C=O) groups excluding carboxylic acids is 2. The maximum Gasteiger partial charge on any atom is 0.233 e. The van der Waals surface area contributed by atoms with Crippen LogP contribution >= 0.6 is 0 Å². The van der Waals surface area contributed by atoms with Crippen molar-refractivity contribution in [2.45, 2.75) is 20.4 Å². The van der Waals surface area contributed by atoms with Gasteiger partial charge in [-0.1, -0.05) is 13.8 Å². The Kier molecular flexibility index (Phi) is 3.32. The van der Waals surface area contributed by atoms with Gasteiger partial charge in [-0.3, -0.25) is 14.5 Å². The number of hydrogen-bond donors (Lipinski definition) is 0. The van der Waals surface area contributed by atoms with E-state index in [0.29, 0.717) is 5.88 Å². The molecule has 0 bridgehead atoms. The molecule has 2 atom stereocenters. The molecule has 1 aromatic rings. The van der Waals surface area contributed by atoms with Gasteiger partial charge >= 0.3 is 0 Å². The summed E-state index contributed by atoms with van der Waals surface area (Å²) in [5.74, 6) is -0.207. The Balaban J connectivity index is 2.18. The van der Waals surface area contributed by atoms with Gasteiger partial charge in [0.2, 0.25) is 17.7 Å². The number of amides is 2. The van der Waals surface area contributed by atoms with Crippen LogP contribution in [0.25, 0.3) is 0 Å². The average Bonchev–Trinajstić information content (AvgIpc) is 2.57. The highest BCUT2D eigenvalue weighted by Crippen LogP contribution is 2.27. The van der Waals surface area contributed by atoms with E-state index in [9.17, 15) is 9.59 Å². The fourth-order valence-electron chi connectivity index (χ4n) is 2.03. The summed E-state index contributed by atoms with van der Waals surface area (Å²) in [7, 11) is 1.53. The molecule has 0 aromatic carbocycles. The summed E-state index contributed by atoms with van der Waals surface area (Å²) in [6.07, 6.45) is 1.60. The molecule has 5 nitrogen and oxygen atoms in total. The molecule has 0 radical (unpaired) electrons. The second-order valence-corrected chi connectivity index (χ2v) is 4.55. The zero-order chi connectivity index (χ0) is 13.3. The topological polar surface area (TPSA) is 59.5 Å². The quantitative estimate of drug-likeness (QED) is 0.755. The maximum absolute atomic E-state index is 11.9. The van der Waals surface area contributed by atoms with Crippen LogP contribution in [0.1, 0.15) is 19.4 Å². The van der Waals surface area contributed by atoms with Gasteiger partial charge in [-0.05, 0) is 11.6 Å². The van der Waals surface area contributed by atoms with Crippen LogP contribution in [0.5, 0.6) is 5.88 Å². The Bertz CT molecular complexity index is 467. The molecule has 0 aliphatic carbocycles. The Morgan fingerprint density at radius 2 is 1.89 bits per heavy atom. The molecule has 1 saturated heterocycles. The van der Waals surface area contributed by atoms with Crippen molar-refractivity contribution >= 4 is 11.8 Å². The van der Waals surface area contributed by atoms with Crippen LogP contribution in [-0.2, 0) is 16.1 Å². The molecular formula is C13H16N2O3. The third-order valence-electron chi connectivity index (χ3n) is 3.41. The van der Waals surface area contributed by atoms with Gasteiger partial charge in [0.05, 0.1) is 13.7 Å². The fraction of sp³-hybridized carbons (Fsp3) is 0.462. The predicted molar refractivity (Wildman–Crippen MR) is 64.7 cm³/mol. The summed E-state index contributed by atoms with van der Waals surface area (Å²) in [6.45, 7) is 3.86. The Morgan fingerprint density at radius 1 is 1.28 bits per heavy atom. The number of pyridine rings is 1. The van der Waals surface area contributed by atoms with Crippen molar-refractivity contribution in [2.75, 3.05) is 7.11 Å². The molecule has 2 unspecified atom stereocenters. The first kappa shape index (κ1) is 12.5. The number of rotatable bonds is 3. The van der Waals surface area contributed by atoms with Gasteiger partial charge in [0, 0.05) is 24.1 Å². The third-order valence-corrected chi connectivity index (χ3v) is 3.41. The van der Waals surface area contributed by atoms with E-state index in [1.54, 1.807) is 32.2 Å². The number of methoxy groups -OCH3 is 1. The van der Waals surface area contributed by atoms with Crippen LogP contribution in [-0.4, -0.2) is 28.8 Å². The largest absolute Gasteiger partial charge is 0.481 e. The Hall–Kier alpha value is -1.91. The van der Waals surface area contributed by atoms with E-state index in [0.717, 1.165) is 5.56 Å². The molecule has 0 spiro atoms. The molecule has 2 heterocycles. The maximum atomic E-state index is 11.9. The molecule has 2 rings (SSSR count). The van der Waals surface area contributed by atoms with Crippen molar-refractivity contribution in [2.24, 2.45) is 11.8 Å². The first-order valence-corrected chi connectivity index (χ1v) is 5.88. The number of nitrogens with zero attached hydrogens (tertiary/aromatic N) is 2. The predicted octanol–water partition coefficient (Wildman–Crippen LogP) is 1.23. The smallest absolute Gasteiger partial charge is 0.233 e. The van der Waals surface area contributed by atoms with Gasteiger partial charge in [0.25, 0.3) is 0 Å². The van der Waals surface area contributed by atoms with E-state index in [-0.39, 0.29) is 30.2 Å². The van der Waals surface area contributed by atoms with Crippen LogP contribution in [0.2, 0.25) is 0 Å². The molecule has 96 valence electrons. The van der Waals surface area contributed by atoms with Crippen molar-refractivity contribution in [3.05, 3.63) is 23.9 Å². The molecule has 18 heavy (non-hydrogen) atoms. The van der Waals surface area contributed by atoms with E-state index < -0.39 is 0 Å². The minimum atomic E-state index is -0.235. The van der Waals surface area contributed by atoms with Gasteiger partial charge < -0.3 is 4.74 Å². The summed E-state index contributed by atoms with van der Waals surface area (Å²) in [4.78, 5) is 29.2. The lowest BCUT2D eigenvalue weighted by molar-refractivity contribution is -0.140. The van der Waals surface area contributed by atoms with Crippen LogP contribution in [0.3, 0.4) is 0 Å². The number of aromatic nitrogens is 1. The summed E-state index contributed by atoms with van der Waals surface area (Å²) < 4.78 is 5.02. The first-order valence-electron chi connectivity index (χ1n) is 5.88. The van der Waals surface area contributed by atoms with Crippen LogP contribution < -0.4 is 4.74 Å². The van der Waals surface area contributed by atoms with E-state index in [2.05, 4.69) is 4.98 Å². The van der Waals surface area contributed by atoms with Gasteiger partial charge in [0.15, 0.2) is 0 Å². The average molecular weight is 248 g/mol. The first-order chi connectivity index (χ1) is 8.54. The second-order valence-electron chi connectivity index (χ2n) is 4.55. The number of hydrogen-bond acceptors (Lipinski definition) is 4. The minimum absolute atomic E-state index is 0.108. The second kappa shape index (κ2) is 4.76. The molecule has 5 heteroatoms. The molecule has 0 saturated carbocycles. The zero-order valence-corrected chi connectivity index (χ0v) is 10.7. The van der Waals surface area contributed by atoms with E-state index in [4.69, 9.17) is 4.74 Å². The van der Waals surface area contributed by atoms with Gasteiger partial charge in [-0.2, -0.15) is 0 Å². The van der Waals surface area contributed by atoms with Crippen LogP contribution in [0.4, 0.5) is 0 Å². The normalized spacial score (nSPS) is 23.6. The lowest BCUT2D eigenvalue weighted by Gasteiger charge is -2.14. The van der Waals surface area contributed by atoms with Crippen molar-refractivity contribution in [3.8, 4) is 5.88 Å². The van der Waals surface area contributed by atoms with Crippen molar-refractivity contribution in [1.29, 1.82) is 0 Å². The minimum Gasteiger partial charge on any atom is -0.481 e. The monoisotopic (exact) mass is 248 g/mol. The Morgan fingerprint density at radius 3 is 2.44 bits per heavy atom. The van der Waals surface area contributed by atoms with Crippen molar-refractivity contribution in [3.63, 3.8) is 0 Å². The molecule has 1 aromatic heterocycles. The SMILES string of the molecule is COc1cc(CN2C(=O)C(C)C(C)C2=O)ccn1. The van der Waals surface area contributed by atoms with Crippen LogP contribution in [0.15, 0.2) is 18.3 Å². The summed E-state index contributed by atoms with van der Waals surface area (Å²) in [5, 5.41) is 0. The highest BCUT2D eigenvalue weighted by Gasteiger charge is 2.41. The Labute approximate surface area is 106 Å². The highest BCUT2D eigenvalue weighted by atomic mass is 16.5. The number of carbonyl (C=O) groups is 2. The molecule has 0 N–H and O–H groups in total. The number of likely N-dealkylation sites (tertiary alicyclic amines) is 1. The van der Waals surface area contributed by atoms with Crippen molar-refractivity contribution in [1.82, 2.24) is 9.88 Å². The molecule has 1 fully saturated rings. The van der Waals surface area contributed by atoms with Crippen molar-refractivity contribution < 1.29 is 14.3 Å². The number of imide groups is 1. The third kappa shape index (κ3) is 2.08.